The van der Waals surface area contributed by atoms with Crippen molar-refractivity contribution in [3.63, 3.8) is 0 Å². The summed E-state index contributed by atoms with van der Waals surface area (Å²) in [5.41, 5.74) is 9.53. The lowest BCUT2D eigenvalue weighted by Gasteiger charge is -2.37. The molecule has 2 aliphatic carbocycles. The van der Waals surface area contributed by atoms with Crippen molar-refractivity contribution in [2.45, 2.75) is 39.0 Å². The molecular weight excluding hydrogens is 206 g/mol. The quantitative estimate of drug-likeness (QED) is 0.845. The Morgan fingerprint density at radius 2 is 2.12 bits per heavy atom. The van der Waals surface area contributed by atoms with Gasteiger partial charge in [0.05, 0.1) is 0 Å². The lowest BCUT2D eigenvalue weighted by molar-refractivity contribution is 0.171. The summed E-state index contributed by atoms with van der Waals surface area (Å²) in [7, 11) is 0. The zero-order valence-corrected chi connectivity index (χ0v) is 10.8. The van der Waals surface area contributed by atoms with Crippen molar-refractivity contribution in [2.75, 3.05) is 6.54 Å². The minimum atomic E-state index is 0.426. The van der Waals surface area contributed by atoms with Crippen LogP contribution in [0.1, 0.15) is 36.8 Å². The minimum absolute atomic E-state index is 0.426. The van der Waals surface area contributed by atoms with Gasteiger partial charge in [0.15, 0.2) is 0 Å². The van der Waals surface area contributed by atoms with Crippen molar-refractivity contribution >= 4 is 0 Å². The predicted octanol–water partition coefficient (Wildman–Crippen LogP) is 3.30. The summed E-state index contributed by atoms with van der Waals surface area (Å²) in [5.74, 6) is 1.88. The van der Waals surface area contributed by atoms with Crippen LogP contribution in [-0.4, -0.2) is 6.54 Å². The molecule has 3 atom stereocenters. The smallest absolute Gasteiger partial charge is 0.00146 e. The molecule has 0 aliphatic heterocycles. The molecular formula is C16H23N. The van der Waals surface area contributed by atoms with E-state index < -0.39 is 0 Å². The fourth-order valence-corrected chi connectivity index (χ4v) is 4.28. The van der Waals surface area contributed by atoms with Crippen LogP contribution >= 0.6 is 0 Å². The molecule has 0 heterocycles. The third kappa shape index (κ3) is 1.81. The molecule has 92 valence electrons. The zero-order chi connectivity index (χ0) is 11.9. The zero-order valence-electron chi connectivity index (χ0n) is 10.8. The van der Waals surface area contributed by atoms with E-state index in [1.807, 2.05) is 0 Å². The molecule has 2 bridgehead atoms. The Balaban J connectivity index is 1.86. The van der Waals surface area contributed by atoms with Crippen molar-refractivity contribution in [2.24, 2.45) is 23.0 Å². The fourth-order valence-electron chi connectivity index (χ4n) is 4.28. The van der Waals surface area contributed by atoms with Gasteiger partial charge >= 0.3 is 0 Å². The summed E-state index contributed by atoms with van der Waals surface area (Å²) < 4.78 is 0. The number of fused-ring (bicyclic) bond motifs is 2. The summed E-state index contributed by atoms with van der Waals surface area (Å²) in [6.45, 7) is 3.11. The van der Waals surface area contributed by atoms with Crippen LogP contribution in [0.4, 0.5) is 0 Å². The molecule has 0 amide bonds. The van der Waals surface area contributed by atoms with E-state index in [4.69, 9.17) is 5.73 Å². The molecule has 1 heteroatoms. The lowest BCUT2D eigenvalue weighted by Crippen LogP contribution is -2.38. The van der Waals surface area contributed by atoms with E-state index in [-0.39, 0.29) is 0 Å². The summed E-state index contributed by atoms with van der Waals surface area (Å²) >= 11 is 0. The molecule has 0 radical (unpaired) electrons. The number of rotatable bonds is 3. The van der Waals surface area contributed by atoms with E-state index in [0.717, 1.165) is 18.4 Å². The van der Waals surface area contributed by atoms with Gasteiger partial charge in [0, 0.05) is 0 Å². The highest BCUT2D eigenvalue weighted by molar-refractivity contribution is 5.27. The average molecular weight is 229 g/mol. The standard InChI is InChI=1S/C16H23N/c1-12-4-2-3-5-14(12)10-16(11-17)9-13-6-7-15(16)8-13/h2-5,13,15H,6-11,17H2,1H3. The number of nitrogens with two attached hydrogens (primary N) is 1. The molecule has 0 aromatic heterocycles. The Bertz CT molecular complexity index is 412. The van der Waals surface area contributed by atoms with Gasteiger partial charge < -0.3 is 5.73 Å². The van der Waals surface area contributed by atoms with Crippen LogP contribution in [0.5, 0.6) is 0 Å². The largest absolute Gasteiger partial charge is 0.330 e. The molecule has 3 unspecified atom stereocenters. The van der Waals surface area contributed by atoms with E-state index in [9.17, 15) is 0 Å². The molecule has 2 saturated carbocycles. The Morgan fingerprint density at radius 1 is 1.29 bits per heavy atom. The molecule has 0 spiro atoms. The van der Waals surface area contributed by atoms with Gasteiger partial charge in [-0.15, -0.1) is 0 Å². The van der Waals surface area contributed by atoms with Crippen molar-refractivity contribution in [3.05, 3.63) is 35.4 Å². The first-order valence-corrected chi connectivity index (χ1v) is 6.98. The summed E-state index contributed by atoms with van der Waals surface area (Å²) in [4.78, 5) is 0. The highest BCUT2D eigenvalue weighted by atomic mass is 14.7. The number of aryl methyl sites for hydroxylation is 1. The summed E-state index contributed by atoms with van der Waals surface area (Å²) in [5, 5.41) is 0. The minimum Gasteiger partial charge on any atom is -0.330 e. The SMILES string of the molecule is Cc1ccccc1CC1(CN)CC2CCC1C2. The van der Waals surface area contributed by atoms with Crippen LogP contribution in [0.2, 0.25) is 0 Å². The third-order valence-corrected chi connectivity index (χ3v) is 5.31. The normalized spacial score (nSPS) is 35.4. The maximum atomic E-state index is 6.15. The van der Waals surface area contributed by atoms with Crippen LogP contribution in [0.3, 0.4) is 0 Å². The van der Waals surface area contributed by atoms with Gasteiger partial charge in [-0.05, 0) is 67.5 Å². The molecule has 1 aromatic carbocycles. The molecule has 1 nitrogen and oxygen atoms in total. The van der Waals surface area contributed by atoms with Crippen LogP contribution in [0.15, 0.2) is 24.3 Å². The molecule has 2 fully saturated rings. The van der Waals surface area contributed by atoms with Crippen molar-refractivity contribution in [1.29, 1.82) is 0 Å². The van der Waals surface area contributed by atoms with Gasteiger partial charge in [-0.3, -0.25) is 0 Å². The van der Waals surface area contributed by atoms with Gasteiger partial charge in [0.25, 0.3) is 0 Å². The summed E-state index contributed by atoms with van der Waals surface area (Å²) in [6, 6.07) is 8.82. The monoisotopic (exact) mass is 229 g/mol. The van der Waals surface area contributed by atoms with Crippen molar-refractivity contribution in [1.82, 2.24) is 0 Å². The topological polar surface area (TPSA) is 26.0 Å². The first kappa shape index (κ1) is 11.3. The van der Waals surface area contributed by atoms with Gasteiger partial charge in [-0.25, -0.2) is 0 Å². The third-order valence-electron chi connectivity index (χ3n) is 5.31. The molecule has 0 saturated heterocycles. The first-order chi connectivity index (χ1) is 8.23. The second kappa shape index (κ2) is 4.13. The Labute approximate surface area is 104 Å². The number of benzene rings is 1. The summed E-state index contributed by atoms with van der Waals surface area (Å²) in [6.07, 6.45) is 6.91. The number of hydrogen-bond acceptors (Lipinski definition) is 1. The molecule has 1 aromatic rings. The maximum Gasteiger partial charge on any atom is -0.00146 e. The molecule has 17 heavy (non-hydrogen) atoms. The van der Waals surface area contributed by atoms with Crippen LogP contribution in [0, 0.1) is 24.2 Å². The predicted molar refractivity (Wildman–Crippen MR) is 71.8 cm³/mol. The maximum absolute atomic E-state index is 6.15. The van der Waals surface area contributed by atoms with Crippen molar-refractivity contribution in [3.8, 4) is 0 Å². The second-order valence-electron chi connectivity index (χ2n) is 6.25. The van der Waals surface area contributed by atoms with Gasteiger partial charge in [-0.2, -0.15) is 0 Å². The highest BCUT2D eigenvalue weighted by Gasteiger charge is 2.49. The van der Waals surface area contributed by atoms with E-state index >= 15 is 0 Å². The molecule has 2 N–H and O–H groups in total. The molecule has 3 rings (SSSR count). The van der Waals surface area contributed by atoms with E-state index in [1.165, 1.54) is 43.2 Å². The lowest BCUT2D eigenvalue weighted by atomic mass is 9.69. The van der Waals surface area contributed by atoms with Crippen LogP contribution < -0.4 is 5.73 Å². The molecule has 2 aliphatic rings. The Morgan fingerprint density at radius 3 is 2.71 bits per heavy atom. The number of hydrogen-bond donors (Lipinski definition) is 1. The van der Waals surface area contributed by atoms with E-state index in [1.54, 1.807) is 0 Å². The van der Waals surface area contributed by atoms with Crippen molar-refractivity contribution < 1.29 is 0 Å². The van der Waals surface area contributed by atoms with Gasteiger partial charge in [0.2, 0.25) is 0 Å². The van der Waals surface area contributed by atoms with Gasteiger partial charge in [-0.1, -0.05) is 30.7 Å². The second-order valence-corrected chi connectivity index (χ2v) is 6.25. The Kier molecular flexibility index (Phi) is 2.74. The fraction of sp³-hybridized carbons (Fsp3) is 0.625. The van der Waals surface area contributed by atoms with Gasteiger partial charge in [0.1, 0.15) is 0 Å². The Hall–Kier alpha value is -0.820. The average Bonchev–Trinajstić information content (AvgIpc) is 2.93. The highest BCUT2D eigenvalue weighted by Crippen LogP contribution is 2.56. The van der Waals surface area contributed by atoms with Crippen LogP contribution in [0.25, 0.3) is 0 Å². The first-order valence-electron chi connectivity index (χ1n) is 6.98. The van der Waals surface area contributed by atoms with E-state index in [0.29, 0.717) is 5.41 Å². The van der Waals surface area contributed by atoms with E-state index in [2.05, 4.69) is 31.2 Å². The van der Waals surface area contributed by atoms with Crippen LogP contribution in [-0.2, 0) is 6.42 Å².